The van der Waals surface area contributed by atoms with Crippen molar-refractivity contribution in [2.45, 2.75) is 63.9 Å². The molecular formula is C17H28N2OS. The van der Waals surface area contributed by atoms with Crippen molar-refractivity contribution in [3.8, 4) is 0 Å². The molecule has 0 spiro atoms. The van der Waals surface area contributed by atoms with Crippen molar-refractivity contribution in [3.63, 3.8) is 0 Å². The zero-order chi connectivity index (χ0) is 16.0. The predicted octanol–water partition coefficient (Wildman–Crippen LogP) is 3.42. The molecule has 0 heterocycles. The van der Waals surface area contributed by atoms with Crippen LogP contribution in [0.5, 0.6) is 0 Å². The summed E-state index contributed by atoms with van der Waals surface area (Å²) in [6.07, 6.45) is 1.72. The smallest absolute Gasteiger partial charge is 0.237 e. The van der Waals surface area contributed by atoms with Crippen molar-refractivity contribution in [2.75, 3.05) is 5.75 Å². The molecule has 3 nitrogen and oxygen atoms in total. The molecule has 3 N–H and O–H groups in total. The minimum Gasteiger partial charge on any atom is -0.368 e. The Morgan fingerprint density at radius 1 is 1.38 bits per heavy atom. The van der Waals surface area contributed by atoms with Gasteiger partial charge in [-0.3, -0.25) is 4.79 Å². The van der Waals surface area contributed by atoms with Crippen molar-refractivity contribution in [1.82, 2.24) is 5.32 Å². The Kier molecular flexibility index (Phi) is 6.75. The molecule has 0 aromatic heterocycles. The van der Waals surface area contributed by atoms with Gasteiger partial charge in [0.2, 0.25) is 5.91 Å². The Hall–Kier alpha value is -1.00. The molecule has 4 heteroatoms. The number of thioether (sulfide) groups is 1. The highest BCUT2D eigenvalue weighted by Crippen LogP contribution is 2.25. The van der Waals surface area contributed by atoms with Gasteiger partial charge < -0.3 is 11.1 Å². The van der Waals surface area contributed by atoms with E-state index in [2.05, 4.69) is 37.4 Å². The third-order valence-corrected chi connectivity index (χ3v) is 4.82. The summed E-state index contributed by atoms with van der Waals surface area (Å²) in [7, 11) is 0. The zero-order valence-corrected chi connectivity index (χ0v) is 14.6. The first-order chi connectivity index (χ1) is 9.74. The molecule has 0 bridgehead atoms. The van der Waals surface area contributed by atoms with Gasteiger partial charge in [-0.05, 0) is 64.8 Å². The molecule has 21 heavy (non-hydrogen) atoms. The quantitative estimate of drug-likeness (QED) is 0.571. The number of nitrogens with one attached hydrogen (secondary N) is 1. The van der Waals surface area contributed by atoms with E-state index in [1.54, 1.807) is 0 Å². The number of benzene rings is 1. The monoisotopic (exact) mass is 308 g/mol. The fourth-order valence-corrected chi connectivity index (χ4v) is 3.43. The minimum atomic E-state index is -0.614. The molecular weight excluding hydrogens is 280 g/mol. The number of rotatable bonds is 8. The summed E-state index contributed by atoms with van der Waals surface area (Å²) in [5, 5.41) is 3.29. The minimum absolute atomic E-state index is 0.245. The van der Waals surface area contributed by atoms with Crippen molar-refractivity contribution < 1.29 is 4.79 Å². The lowest BCUT2D eigenvalue weighted by molar-refractivity contribution is -0.124. The maximum atomic E-state index is 11.7. The van der Waals surface area contributed by atoms with Gasteiger partial charge in [0, 0.05) is 10.9 Å². The van der Waals surface area contributed by atoms with Gasteiger partial charge in [0.1, 0.15) is 0 Å². The highest BCUT2D eigenvalue weighted by atomic mass is 32.2. The normalized spacial score (nSPS) is 14.2. The topological polar surface area (TPSA) is 55.1 Å². The van der Waals surface area contributed by atoms with Crippen LogP contribution in [0.25, 0.3) is 0 Å². The summed E-state index contributed by atoms with van der Waals surface area (Å²) < 4.78 is 0. The van der Waals surface area contributed by atoms with Crippen molar-refractivity contribution in [3.05, 3.63) is 29.3 Å². The van der Waals surface area contributed by atoms with Crippen LogP contribution < -0.4 is 11.1 Å². The summed E-state index contributed by atoms with van der Waals surface area (Å²) in [6, 6.07) is 6.77. The number of nitrogens with two attached hydrogens (primary N) is 1. The summed E-state index contributed by atoms with van der Waals surface area (Å²) in [5.74, 6) is 0.722. The number of amides is 1. The van der Waals surface area contributed by atoms with Crippen molar-refractivity contribution in [1.29, 1.82) is 0 Å². The van der Waals surface area contributed by atoms with Gasteiger partial charge in [0.15, 0.2) is 0 Å². The van der Waals surface area contributed by atoms with Crippen molar-refractivity contribution >= 4 is 17.7 Å². The summed E-state index contributed by atoms with van der Waals surface area (Å²) >= 11 is 1.85. The van der Waals surface area contributed by atoms with E-state index in [4.69, 9.17) is 5.73 Å². The van der Waals surface area contributed by atoms with Crippen LogP contribution in [-0.2, 0) is 4.79 Å². The van der Waals surface area contributed by atoms with Crippen LogP contribution in [0.2, 0.25) is 0 Å². The molecule has 0 aliphatic carbocycles. The van der Waals surface area contributed by atoms with Gasteiger partial charge in [0.25, 0.3) is 0 Å². The highest BCUT2D eigenvalue weighted by molar-refractivity contribution is 7.99. The number of hydrogen-bond acceptors (Lipinski definition) is 3. The molecule has 118 valence electrons. The van der Waals surface area contributed by atoms with Gasteiger partial charge in [-0.25, -0.2) is 0 Å². The SMILES string of the molecule is Cc1ccc(SCCCC(C)(NC(C)C)C(N)=O)c(C)c1. The van der Waals surface area contributed by atoms with E-state index < -0.39 is 5.54 Å². The lowest BCUT2D eigenvalue weighted by atomic mass is 9.94. The number of aryl methyl sites for hydroxylation is 2. The molecule has 0 fully saturated rings. The summed E-state index contributed by atoms with van der Waals surface area (Å²) in [5.41, 5.74) is 7.54. The average molecular weight is 308 g/mol. The molecule has 1 rings (SSSR count). The van der Waals surface area contributed by atoms with Crippen LogP contribution in [0, 0.1) is 13.8 Å². The molecule has 0 aliphatic rings. The molecule has 0 radical (unpaired) electrons. The molecule has 0 aliphatic heterocycles. The second kappa shape index (κ2) is 7.85. The predicted molar refractivity (Wildman–Crippen MR) is 91.7 cm³/mol. The Morgan fingerprint density at radius 2 is 2.05 bits per heavy atom. The highest BCUT2D eigenvalue weighted by Gasteiger charge is 2.30. The first kappa shape index (κ1) is 18.1. The number of carbonyl (C=O) groups is 1. The van der Waals surface area contributed by atoms with E-state index in [1.807, 2.05) is 32.5 Å². The maximum absolute atomic E-state index is 11.7. The molecule has 0 saturated carbocycles. The zero-order valence-electron chi connectivity index (χ0n) is 13.8. The summed E-state index contributed by atoms with van der Waals surface area (Å²) in [4.78, 5) is 13.0. The standard InChI is InChI=1S/C17H28N2OS/c1-12(2)19-17(5,16(18)20)9-6-10-21-15-8-7-13(3)11-14(15)4/h7-8,11-12,19H,6,9-10H2,1-5H3,(H2,18,20). The third-order valence-electron chi connectivity index (χ3n) is 3.56. The first-order valence-corrected chi connectivity index (χ1v) is 8.51. The molecule has 1 amide bonds. The van der Waals surface area contributed by atoms with E-state index in [0.717, 1.165) is 18.6 Å². The van der Waals surface area contributed by atoms with Gasteiger partial charge in [-0.2, -0.15) is 0 Å². The molecule has 0 saturated heterocycles. The lowest BCUT2D eigenvalue weighted by Gasteiger charge is -2.29. The van der Waals surface area contributed by atoms with Crippen LogP contribution in [0.4, 0.5) is 0 Å². The Bertz CT molecular complexity index is 488. The second-order valence-corrected chi connectivity index (χ2v) is 7.35. The van der Waals surface area contributed by atoms with Crippen LogP contribution in [0.3, 0.4) is 0 Å². The van der Waals surface area contributed by atoms with Gasteiger partial charge in [-0.15, -0.1) is 11.8 Å². The molecule has 1 aromatic carbocycles. The van der Waals surface area contributed by atoms with E-state index in [-0.39, 0.29) is 11.9 Å². The number of hydrogen-bond donors (Lipinski definition) is 2. The Labute approximate surface area is 133 Å². The van der Waals surface area contributed by atoms with E-state index in [9.17, 15) is 4.79 Å². The molecule has 1 aromatic rings. The van der Waals surface area contributed by atoms with Gasteiger partial charge >= 0.3 is 0 Å². The van der Waals surface area contributed by atoms with Crippen LogP contribution >= 0.6 is 11.8 Å². The van der Waals surface area contributed by atoms with Gasteiger partial charge in [-0.1, -0.05) is 17.7 Å². The van der Waals surface area contributed by atoms with Crippen LogP contribution in [0.15, 0.2) is 23.1 Å². The largest absolute Gasteiger partial charge is 0.368 e. The maximum Gasteiger partial charge on any atom is 0.237 e. The van der Waals surface area contributed by atoms with Gasteiger partial charge in [0.05, 0.1) is 5.54 Å². The summed E-state index contributed by atoms with van der Waals surface area (Å²) in [6.45, 7) is 10.2. The second-order valence-electron chi connectivity index (χ2n) is 6.22. The van der Waals surface area contributed by atoms with E-state index >= 15 is 0 Å². The Balaban J connectivity index is 2.49. The van der Waals surface area contributed by atoms with Crippen LogP contribution in [0.1, 0.15) is 44.7 Å². The average Bonchev–Trinajstić information content (AvgIpc) is 2.35. The van der Waals surface area contributed by atoms with Crippen LogP contribution in [-0.4, -0.2) is 23.2 Å². The lowest BCUT2D eigenvalue weighted by Crippen LogP contribution is -2.55. The fraction of sp³-hybridized carbons (Fsp3) is 0.588. The first-order valence-electron chi connectivity index (χ1n) is 7.52. The van der Waals surface area contributed by atoms with E-state index in [1.165, 1.54) is 16.0 Å². The molecule has 1 unspecified atom stereocenters. The fourth-order valence-electron chi connectivity index (χ4n) is 2.47. The Morgan fingerprint density at radius 3 is 2.57 bits per heavy atom. The molecule has 1 atom stereocenters. The van der Waals surface area contributed by atoms with E-state index in [0.29, 0.717) is 0 Å². The third kappa shape index (κ3) is 5.71. The number of primary amides is 1. The van der Waals surface area contributed by atoms with Crippen molar-refractivity contribution in [2.24, 2.45) is 5.73 Å². The number of carbonyl (C=O) groups excluding carboxylic acids is 1.